The third-order valence-corrected chi connectivity index (χ3v) is 3.42. The molecule has 0 aliphatic rings. The van der Waals surface area contributed by atoms with Crippen LogP contribution in [0.5, 0.6) is 0 Å². The summed E-state index contributed by atoms with van der Waals surface area (Å²) in [5.74, 6) is 0. The summed E-state index contributed by atoms with van der Waals surface area (Å²) in [6, 6.07) is 4.57. The molecular formula is C12H15N3O4S. The van der Waals surface area contributed by atoms with Crippen molar-refractivity contribution in [1.29, 1.82) is 0 Å². The number of hydrogen-bond donors (Lipinski definition) is 1. The van der Waals surface area contributed by atoms with Crippen molar-refractivity contribution in [2.75, 3.05) is 0 Å². The summed E-state index contributed by atoms with van der Waals surface area (Å²) in [4.78, 5) is 11.9. The van der Waals surface area contributed by atoms with Gasteiger partial charge in [-0.1, -0.05) is 5.57 Å². The molecule has 0 spiro atoms. The number of non-ortho nitro benzene ring substituents is 1. The second-order valence-electron chi connectivity index (χ2n) is 4.32. The smallest absolute Gasteiger partial charge is 0.258 e. The minimum Gasteiger partial charge on any atom is -0.258 e. The van der Waals surface area contributed by atoms with Crippen molar-refractivity contribution in [2.24, 2.45) is 5.10 Å². The van der Waals surface area contributed by atoms with E-state index in [1.807, 2.05) is 13.8 Å². The van der Waals surface area contributed by atoms with E-state index in [0.29, 0.717) is 5.71 Å². The number of nitrogens with zero attached hydrogens (tertiary/aromatic N) is 2. The van der Waals surface area contributed by atoms with Gasteiger partial charge in [-0.15, -0.1) is 0 Å². The van der Waals surface area contributed by atoms with Gasteiger partial charge in [0.15, 0.2) is 0 Å². The Kier molecular flexibility index (Phi) is 4.98. The van der Waals surface area contributed by atoms with Crippen molar-refractivity contribution in [3.8, 4) is 0 Å². The molecule has 0 saturated heterocycles. The Balaban J connectivity index is 2.94. The molecule has 1 N–H and O–H groups in total. The van der Waals surface area contributed by atoms with Gasteiger partial charge in [-0.3, -0.25) is 10.1 Å². The average molecular weight is 297 g/mol. The Labute approximate surface area is 117 Å². The van der Waals surface area contributed by atoms with Crippen LogP contribution in [0.3, 0.4) is 0 Å². The van der Waals surface area contributed by atoms with Crippen molar-refractivity contribution in [3.05, 3.63) is 46.0 Å². The van der Waals surface area contributed by atoms with Crippen LogP contribution in [0, 0.1) is 10.1 Å². The quantitative estimate of drug-likeness (QED) is 0.511. The summed E-state index contributed by atoms with van der Waals surface area (Å²) >= 11 is 0. The Morgan fingerprint density at radius 3 is 2.25 bits per heavy atom. The van der Waals surface area contributed by atoms with Crippen LogP contribution in [0.4, 0.5) is 5.69 Å². The normalized spacial score (nSPS) is 11.8. The van der Waals surface area contributed by atoms with Crippen LogP contribution in [0.1, 0.15) is 20.8 Å². The van der Waals surface area contributed by atoms with Crippen LogP contribution in [0.25, 0.3) is 0 Å². The Morgan fingerprint density at radius 2 is 1.80 bits per heavy atom. The second kappa shape index (κ2) is 6.29. The summed E-state index contributed by atoms with van der Waals surface area (Å²) in [5, 5.41) is 14.2. The van der Waals surface area contributed by atoms with Crippen molar-refractivity contribution in [2.45, 2.75) is 25.7 Å². The molecule has 8 heteroatoms. The molecule has 0 aliphatic carbocycles. The maximum atomic E-state index is 11.9. The number of hydrazone groups is 1. The Morgan fingerprint density at radius 1 is 1.25 bits per heavy atom. The highest BCUT2D eigenvalue weighted by Crippen LogP contribution is 2.15. The molecular weight excluding hydrogens is 282 g/mol. The van der Waals surface area contributed by atoms with E-state index in [2.05, 4.69) is 9.93 Å². The average Bonchev–Trinajstić information content (AvgIpc) is 2.36. The van der Waals surface area contributed by atoms with Crippen molar-refractivity contribution < 1.29 is 13.3 Å². The standard InChI is InChI=1S/C12H15N3O4S/c1-9(2)8-10(3)13-14-20(18,19)12-6-4-11(5-7-12)15(16)17/h4-8,14H,1-3H3/b13-10-. The third-order valence-electron chi connectivity index (χ3n) is 2.20. The number of nitro groups is 1. The first-order valence-corrected chi connectivity index (χ1v) is 7.16. The van der Waals surface area contributed by atoms with E-state index >= 15 is 0 Å². The fourth-order valence-corrected chi connectivity index (χ4v) is 2.25. The van der Waals surface area contributed by atoms with Gasteiger partial charge in [-0.05, 0) is 39.0 Å². The zero-order chi connectivity index (χ0) is 15.3. The molecule has 1 aromatic carbocycles. The van der Waals surface area contributed by atoms with E-state index in [9.17, 15) is 18.5 Å². The largest absolute Gasteiger partial charge is 0.276 e. The molecule has 0 atom stereocenters. The van der Waals surface area contributed by atoms with E-state index in [1.165, 1.54) is 0 Å². The molecule has 0 saturated carbocycles. The molecule has 0 bridgehead atoms. The van der Waals surface area contributed by atoms with E-state index in [0.717, 1.165) is 29.8 Å². The zero-order valence-electron chi connectivity index (χ0n) is 11.3. The highest BCUT2D eigenvalue weighted by atomic mass is 32.2. The van der Waals surface area contributed by atoms with Crippen molar-refractivity contribution in [3.63, 3.8) is 0 Å². The lowest BCUT2D eigenvalue weighted by Crippen LogP contribution is -2.19. The van der Waals surface area contributed by atoms with Gasteiger partial charge >= 0.3 is 0 Å². The number of sulfonamides is 1. The summed E-state index contributed by atoms with van der Waals surface area (Å²) in [7, 11) is -3.82. The molecule has 0 unspecified atom stereocenters. The minimum atomic E-state index is -3.82. The highest BCUT2D eigenvalue weighted by molar-refractivity contribution is 7.89. The van der Waals surface area contributed by atoms with Gasteiger partial charge in [-0.25, -0.2) is 0 Å². The summed E-state index contributed by atoms with van der Waals surface area (Å²) in [5.41, 5.74) is 1.32. The molecule has 1 aromatic rings. The van der Waals surface area contributed by atoms with Gasteiger partial charge in [0, 0.05) is 12.1 Å². The van der Waals surface area contributed by atoms with Gasteiger partial charge < -0.3 is 0 Å². The van der Waals surface area contributed by atoms with Gasteiger partial charge in [0.05, 0.1) is 15.5 Å². The first-order valence-electron chi connectivity index (χ1n) is 5.68. The molecule has 20 heavy (non-hydrogen) atoms. The van der Waals surface area contributed by atoms with Crippen molar-refractivity contribution >= 4 is 21.4 Å². The number of hydrogen-bond acceptors (Lipinski definition) is 5. The first-order chi connectivity index (χ1) is 9.22. The molecule has 0 fully saturated rings. The fourth-order valence-electron chi connectivity index (χ4n) is 1.38. The summed E-state index contributed by atoms with van der Waals surface area (Å²) in [6.45, 7) is 5.39. The summed E-state index contributed by atoms with van der Waals surface area (Å²) < 4.78 is 23.8. The number of nitrogens with one attached hydrogen (secondary N) is 1. The Bertz CT molecular complexity index is 656. The second-order valence-corrected chi connectivity index (χ2v) is 5.98. The fraction of sp³-hybridized carbons (Fsp3) is 0.250. The SMILES string of the molecule is CC(C)=C/C(C)=N\NS(=O)(=O)c1ccc([N+](=O)[O-])cc1. The van der Waals surface area contributed by atoms with Crippen LogP contribution in [-0.4, -0.2) is 19.1 Å². The minimum absolute atomic E-state index is 0.0862. The number of nitro benzene ring substituents is 1. The topological polar surface area (TPSA) is 102 Å². The highest BCUT2D eigenvalue weighted by Gasteiger charge is 2.14. The monoisotopic (exact) mass is 297 g/mol. The predicted molar refractivity (Wildman–Crippen MR) is 76.0 cm³/mol. The number of allylic oxidation sites excluding steroid dienone is 2. The third kappa shape index (κ3) is 4.47. The molecule has 0 amide bonds. The Hall–Kier alpha value is -2.22. The molecule has 1 rings (SSSR count). The maximum absolute atomic E-state index is 11.9. The van der Waals surface area contributed by atoms with E-state index in [1.54, 1.807) is 13.0 Å². The molecule has 0 aromatic heterocycles. The molecule has 108 valence electrons. The molecule has 7 nitrogen and oxygen atoms in total. The van der Waals surface area contributed by atoms with Crippen LogP contribution < -0.4 is 4.83 Å². The maximum Gasteiger partial charge on any atom is 0.276 e. The van der Waals surface area contributed by atoms with Gasteiger partial charge in [0.2, 0.25) is 0 Å². The summed E-state index contributed by atoms with van der Waals surface area (Å²) in [6.07, 6.45) is 1.72. The number of rotatable bonds is 5. The molecule has 0 heterocycles. The van der Waals surface area contributed by atoms with E-state index < -0.39 is 14.9 Å². The van der Waals surface area contributed by atoms with Gasteiger partial charge in [0.25, 0.3) is 15.7 Å². The van der Waals surface area contributed by atoms with Crippen LogP contribution in [0.2, 0.25) is 0 Å². The van der Waals surface area contributed by atoms with Crippen LogP contribution >= 0.6 is 0 Å². The first kappa shape index (κ1) is 15.8. The van der Waals surface area contributed by atoms with Gasteiger partial charge in [-0.2, -0.15) is 18.4 Å². The van der Waals surface area contributed by atoms with E-state index in [-0.39, 0.29) is 10.6 Å². The van der Waals surface area contributed by atoms with E-state index in [4.69, 9.17) is 0 Å². The van der Waals surface area contributed by atoms with Crippen molar-refractivity contribution in [1.82, 2.24) is 4.83 Å². The zero-order valence-corrected chi connectivity index (χ0v) is 12.1. The van der Waals surface area contributed by atoms with Gasteiger partial charge in [0.1, 0.15) is 0 Å². The predicted octanol–water partition coefficient (Wildman–Crippen LogP) is 2.22. The van der Waals surface area contributed by atoms with Crippen LogP contribution in [-0.2, 0) is 10.0 Å². The molecule has 0 radical (unpaired) electrons. The molecule has 0 aliphatic heterocycles. The lowest BCUT2D eigenvalue weighted by Gasteiger charge is -2.03. The number of benzene rings is 1. The lowest BCUT2D eigenvalue weighted by molar-refractivity contribution is -0.384. The van der Waals surface area contributed by atoms with Crippen LogP contribution in [0.15, 0.2) is 45.9 Å². The lowest BCUT2D eigenvalue weighted by atomic mass is 10.3.